The van der Waals surface area contributed by atoms with E-state index in [-0.39, 0.29) is 29.9 Å². The first-order chi connectivity index (χ1) is 12.2. The van der Waals surface area contributed by atoms with Crippen LogP contribution >= 0.6 is 24.0 Å². The fourth-order valence-corrected chi connectivity index (χ4v) is 3.48. The fourth-order valence-electron chi connectivity index (χ4n) is 3.48. The van der Waals surface area contributed by atoms with Gasteiger partial charge in [0.05, 0.1) is 6.54 Å². The van der Waals surface area contributed by atoms with Gasteiger partial charge in [-0.15, -0.1) is 24.0 Å². The molecule has 0 aliphatic carbocycles. The van der Waals surface area contributed by atoms with Crippen LogP contribution in [0.4, 0.5) is 13.2 Å². The Morgan fingerprint density at radius 3 is 2.44 bits per heavy atom. The summed E-state index contributed by atoms with van der Waals surface area (Å²) in [6.07, 6.45) is -2.44. The molecule has 27 heavy (non-hydrogen) atoms. The number of alkyl halides is 3. The lowest BCUT2D eigenvalue weighted by Crippen LogP contribution is -2.41. The average Bonchev–Trinajstić information content (AvgIpc) is 2.95. The Morgan fingerprint density at radius 1 is 1.19 bits per heavy atom. The summed E-state index contributed by atoms with van der Waals surface area (Å²) >= 11 is 0. The topological polar surface area (TPSA) is 39.7 Å². The molecule has 1 heterocycles. The van der Waals surface area contributed by atoms with E-state index in [0.29, 0.717) is 25.6 Å². The van der Waals surface area contributed by atoms with Crippen LogP contribution in [0.1, 0.15) is 23.1 Å². The maximum Gasteiger partial charge on any atom is 0.401 e. The van der Waals surface area contributed by atoms with E-state index < -0.39 is 12.7 Å². The number of nitrogens with zero attached hydrogens (tertiary/aromatic N) is 2. The maximum absolute atomic E-state index is 12.4. The van der Waals surface area contributed by atoms with Gasteiger partial charge in [-0.3, -0.25) is 9.89 Å². The molecule has 1 aromatic rings. The van der Waals surface area contributed by atoms with E-state index in [0.717, 1.165) is 19.4 Å². The van der Waals surface area contributed by atoms with Crippen LogP contribution < -0.4 is 10.6 Å². The van der Waals surface area contributed by atoms with Gasteiger partial charge >= 0.3 is 6.18 Å². The summed E-state index contributed by atoms with van der Waals surface area (Å²) in [5.41, 5.74) is 3.79. The summed E-state index contributed by atoms with van der Waals surface area (Å²) in [5.74, 6) is 0.916. The maximum atomic E-state index is 12.4. The smallest absolute Gasteiger partial charge is 0.356 e. The van der Waals surface area contributed by atoms with Crippen molar-refractivity contribution in [3.63, 3.8) is 0 Å². The van der Waals surface area contributed by atoms with Gasteiger partial charge in [0.15, 0.2) is 5.96 Å². The number of hydrogen-bond donors (Lipinski definition) is 2. The summed E-state index contributed by atoms with van der Waals surface area (Å²) in [4.78, 5) is 5.67. The van der Waals surface area contributed by atoms with E-state index in [9.17, 15) is 13.2 Å². The van der Waals surface area contributed by atoms with E-state index in [4.69, 9.17) is 0 Å². The van der Waals surface area contributed by atoms with Gasteiger partial charge < -0.3 is 10.6 Å². The number of likely N-dealkylation sites (tertiary alicyclic amines) is 1. The Balaban J connectivity index is 0.00000364. The molecule has 0 saturated carbocycles. The van der Waals surface area contributed by atoms with Gasteiger partial charge in [-0.25, -0.2) is 0 Å². The van der Waals surface area contributed by atoms with Crippen molar-refractivity contribution in [2.75, 3.05) is 39.8 Å². The molecule has 0 spiro atoms. The van der Waals surface area contributed by atoms with Gasteiger partial charge in [0.25, 0.3) is 0 Å². The number of guanidine groups is 1. The minimum atomic E-state index is -4.12. The zero-order valence-electron chi connectivity index (χ0n) is 16.2. The van der Waals surface area contributed by atoms with Crippen molar-refractivity contribution in [2.24, 2.45) is 10.9 Å². The molecular formula is C19H30F3IN4. The SMILES string of the molecule is CN=C(NCCc1cc(C)cc(C)c1)NCC1CCN(CC(F)(F)F)C1.I. The summed E-state index contributed by atoms with van der Waals surface area (Å²) in [5, 5.41) is 6.51. The van der Waals surface area contributed by atoms with Gasteiger partial charge in [-0.2, -0.15) is 13.2 Å². The van der Waals surface area contributed by atoms with E-state index >= 15 is 0 Å². The molecule has 1 aromatic carbocycles. The molecule has 0 bridgehead atoms. The number of nitrogens with one attached hydrogen (secondary N) is 2. The normalized spacial score (nSPS) is 18.3. The quantitative estimate of drug-likeness (QED) is 0.359. The molecule has 0 amide bonds. The highest BCUT2D eigenvalue weighted by molar-refractivity contribution is 14.0. The van der Waals surface area contributed by atoms with E-state index in [2.05, 4.69) is 47.7 Å². The van der Waals surface area contributed by atoms with Crippen LogP contribution in [0.25, 0.3) is 0 Å². The van der Waals surface area contributed by atoms with Crippen LogP contribution in [0.15, 0.2) is 23.2 Å². The largest absolute Gasteiger partial charge is 0.401 e. The molecule has 0 radical (unpaired) electrons. The molecule has 0 aromatic heterocycles. The number of hydrogen-bond acceptors (Lipinski definition) is 2. The summed E-state index contributed by atoms with van der Waals surface area (Å²) in [7, 11) is 1.71. The van der Waals surface area contributed by atoms with E-state index in [1.54, 1.807) is 7.05 Å². The summed E-state index contributed by atoms with van der Waals surface area (Å²) in [6.45, 7) is 5.75. The van der Waals surface area contributed by atoms with E-state index in [1.807, 2.05) is 0 Å². The van der Waals surface area contributed by atoms with Crippen molar-refractivity contribution in [3.8, 4) is 0 Å². The molecule has 154 valence electrons. The van der Waals surface area contributed by atoms with E-state index in [1.165, 1.54) is 21.6 Å². The third-order valence-corrected chi connectivity index (χ3v) is 4.54. The molecule has 1 atom stereocenters. The highest BCUT2D eigenvalue weighted by Gasteiger charge is 2.34. The van der Waals surface area contributed by atoms with Crippen LogP contribution in [0.5, 0.6) is 0 Å². The molecule has 1 unspecified atom stereocenters. The van der Waals surface area contributed by atoms with Gasteiger partial charge in [0, 0.05) is 26.7 Å². The Kier molecular flexibility index (Phi) is 9.86. The number of benzene rings is 1. The number of halogens is 4. The molecule has 2 rings (SSSR count). The average molecular weight is 498 g/mol. The second-order valence-electron chi connectivity index (χ2n) is 7.13. The third kappa shape index (κ3) is 9.14. The lowest BCUT2D eigenvalue weighted by atomic mass is 10.1. The predicted octanol–water partition coefficient (Wildman–Crippen LogP) is 3.51. The molecule has 1 aliphatic heterocycles. The minimum absolute atomic E-state index is 0. The third-order valence-electron chi connectivity index (χ3n) is 4.54. The van der Waals surface area contributed by atoms with Crippen molar-refractivity contribution in [3.05, 3.63) is 34.9 Å². The van der Waals surface area contributed by atoms with Crippen molar-refractivity contribution in [2.45, 2.75) is 32.9 Å². The minimum Gasteiger partial charge on any atom is -0.356 e. The van der Waals surface area contributed by atoms with Gasteiger partial charge in [0.2, 0.25) is 0 Å². The highest BCUT2D eigenvalue weighted by atomic mass is 127. The first kappa shape index (κ1) is 24.0. The van der Waals surface area contributed by atoms with Crippen LogP contribution in [0.3, 0.4) is 0 Å². The number of aliphatic imine (C=N–C) groups is 1. The van der Waals surface area contributed by atoms with Crippen LogP contribution in [0.2, 0.25) is 0 Å². The zero-order valence-corrected chi connectivity index (χ0v) is 18.5. The Hall–Kier alpha value is -1.03. The molecule has 2 N–H and O–H groups in total. The van der Waals surface area contributed by atoms with Crippen molar-refractivity contribution in [1.29, 1.82) is 0 Å². The van der Waals surface area contributed by atoms with Crippen molar-refractivity contribution < 1.29 is 13.2 Å². The number of aryl methyl sites for hydroxylation is 2. The Bertz CT molecular complexity index is 599. The molecule has 8 heteroatoms. The summed E-state index contributed by atoms with van der Waals surface area (Å²) in [6, 6.07) is 6.51. The first-order valence-electron chi connectivity index (χ1n) is 9.06. The molecular weight excluding hydrogens is 468 g/mol. The lowest BCUT2D eigenvalue weighted by molar-refractivity contribution is -0.143. The van der Waals surface area contributed by atoms with Gasteiger partial charge in [-0.1, -0.05) is 29.3 Å². The second kappa shape index (κ2) is 11.1. The van der Waals surface area contributed by atoms with Crippen LogP contribution in [0, 0.1) is 19.8 Å². The van der Waals surface area contributed by atoms with Gasteiger partial charge in [0.1, 0.15) is 0 Å². The fraction of sp³-hybridized carbons (Fsp3) is 0.632. The molecule has 1 saturated heterocycles. The lowest BCUT2D eigenvalue weighted by Gasteiger charge is -2.18. The van der Waals surface area contributed by atoms with Gasteiger partial charge in [-0.05, 0) is 44.7 Å². The van der Waals surface area contributed by atoms with Crippen molar-refractivity contribution in [1.82, 2.24) is 15.5 Å². The highest BCUT2D eigenvalue weighted by Crippen LogP contribution is 2.22. The monoisotopic (exact) mass is 498 g/mol. The molecule has 4 nitrogen and oxygen atoms in total. The summed E-state index contributed by atoms with van der Waals surface area (Å²) < 4.78 is 37.3. The standard InChI is InChI=1S/C19H29F3N4.HI/c1-14-8-15(2)10-16(9-14)4-6-24-18(23-3)25-11-17-5-7-26(12-17)13-19(20,21)22;/h8-10,17H,4-7,11-13H2,1-3H3,(H2,23,24,25);1H. The second-order valence-corrected chi connectivity index (χ2v) is 7.13. The predicted molar refractivity (Wildman–Crippen MR) is 115 cm³/mol. The molecule has 1 aliphatic rings. The molecule has 1 fully saturated rings. The van der Waals surface area contributed by atoms with Crippen LogP contribution in [-0.2, 0) is 6.42 Å². The Labute approximate surface area is 177 Å². The first-order valence-corrected chi connectivity index (χ1v) is 9.06. The Morgan fingerprint density at radius 2 is 1.85 bits per heavy atom. The number of rotatable bonds is 6. The van der Waals surface area contributed by atoms with Crippen molar-refractivity contribution >= 4 is 29.9 Å². The van der Waals surface area contributed by atoms with Crippen LogP contribution in [-0.4, -0.2) is 56.8 Å². The zero-order chi connectivity index (χ0) is 19.2.